The SMILES string of the molecule is CCOCC(=O)N(CC1CCCCC1)C1CC(C(=O)NCCO)=CC(Oc2ccccc2I)C1O. The number of nitrogens with zero attached hydrogens (tertiary/aromatic N) is 1. The van der Waals surface area contributed by atoms with Crippen molar-refractivity contribution in [3.63, 3.8) is 0 Å². The van der Waals surface area contributed by atoms with Crippen molar-refractivity contribution < 1.29 is 29.3 Å². The number of rotatable bonds is 11. The predicted molar refractivity (Wildman–Crippen MR) is 141 cm³/mol. The lowest BCUT2D eigenvalue weighted by Gasteiger charge is -2.42. The van der Waals surface area contributed by atoms with Crippen molar-refractivity contribution in [2.45, 2.75) is 63.7 Å². The van der Waals surface area contributed by atoms with E-state index in [0.717, 1.165) is 29.3 Å². The normalized spacial score (nSPS) is 22.9. The Morgan fingerprint density at radius 2 is 1.94 bits per heavy atom. The molecular formula is C26H37IN2O6. The Balaban J connectivity index is 1.90. The van der Waals surface area contributed by atoms with Gasteiger partial charge in [0.2, 0.25) is 11.8 Å². The van der Waals surface area contributed by atoms with Crippen molar-refractivity contribution in [2.75, 3.05) is 32.9 Å². The summed E-state index contributed by atoms with van der Waals surface area (Å²) >= 11 is 2.17. The van der Waals surface area contributed by atoms with E-state index >= 15 is 0 Å². The lowest BCUT2D eigenvalue weighted by Crippen LogP contribution is -2.56. The number of aliphatic hydroxyl groups excluding tert-OH is 2. The summed E-state index contributed by atoms with van der Waals surface area (Å²) in [6.07, 6.45) is 5.59. The number of carbonyl (C=O) groups excluding carboxylic acids is 2. The minimum atomic E-state index is -1.02. The summed E-state index contributed by atoms with van der Waals surface area (Å²) < 4.78 is 12.5. The van der Waals surface area contributed by atoms with Gasteiger partial charge >= 0.3 is 0 Å². The Morgan fingerprint density at radius 3 is 2.63 bits per heavy atom. The number of para-hydroxylation sites is 1. The van der Waals surface area contributed by atoms with Gasteiger partial charge in [0.1, 0.15) is 24.6 Å². The number of nitrogens with one attached hydrogen (secondary N) is 1. The van der Waals surface area contributed by atoms with Crippen LogP contribution in [0.2, 0.25) is 0 Å². The molecule has 0 saturated heterocycles. The van der Waals surface area contributed by atoms with Gasteiger partial charge in [-0.1, -0.05) is 31.4 Å². The highest BCUT2D eigenvalue weighted by atomic mass is 127. The second kappa shape index (κ2) is 14.2. The molecule has 0 radical (unpaired) electrons. The number of ether oxygens (including phenoxy) is 2. The Morgan fingerprint density at radius 1 is 1.20 bits per heavy atom. The zero-order chi connectivity index (χ0) is 25.2. The minimum Gasteiger partial charge on any atom is -0.482 e. The number of aliphatic hydroxyl groups is 2. The quantitative estimate of drug-likeness (QED) is 0.338. The summed E-state index contributed by atoms with van der Waals surface area (Å²) in [4.78, 5) is 27.9. The van der Waals surface area contributed by atoms with Gasteiger partial charge in [-0.3, -0.25) is 9.59 Å². The molecule has 35 heavy (non-hydrogen) atoms. The first kappa shape index (κ1) is 27.9. The van der Waals surface area contributed by atoms with Crippen LogP contribution in [-0.4, -0.2) is 78.1 Å². The van der Waals surface area contributed by atoms with Gasteiger partial charge in [0.25, 0.3) is 0 Å². The standard InChI is InChI=1S/C26H37IN2O6/c1-2-34-17-24(31)29(16-18-8-4-3-5-9-18)21-14-19(26(33)28-12-13-30)15-23(25(21)32)35-22-11-7-6-10-20(22)27/h6-7,10-11,15,18,21,23,25,30,32H,2-5,8-9,12-14,16-17H2,1H3,(H,28,33). The fraction of sp³-hybridized carbons (Fsp3) is 0.615. The highest BCUT2D eigenvalue weighted by Gasteiger charge is 2.41. The molecule has 2 aliphatic rings. The summed E-state index contributed by atoms with van der Waals surface area (Å²) in [7, 11) is 0. The van der Waals surface area contributed by atoms with Crippen molar-refractivity contribution >= 4 is 34.4 Å². The topological polar surface area (TPSA) is 108 Å². The Bertz CT molecular complexity index is 873. The monoisotopic (exact) mass is 600 g/mol. The largest absolute Gasteiger partial charge is 0.482 e. The molecule has 0 heterocycles. The molecule has 1 fully saturated rings. The molecule has 8 nitrogen and oxygen atoms in total. The van der Waals surface area contributed by atoms with E-state index in [1.165, 1.54) is 6.42 Å². The first-order chi connectivity index (χ1) is 16.9. The van der Waals surface area contributed by atoms with Gasteiger partial charge in [-0.25, -0.2) is 0 Å². The second-order valence-corrected chi connectivity index (χ2v) is 10.3. The molecule has 0 aromatic heterocycles. The van der Waals surface area contributed by atoms with Crippen molar-refractivity contribution in [1.29, 1.82) is 0 Å². The molecule has 0 aliphatic heterocycles. The zero-order valence-electron chi connectivity index (χ0n) is 20.3. The highest BCUT2D eigenvalue weighted by molar-refractivity contribution is 14.1. The Hall–Kier alpha value is -1.69. The lowest BCUT2D eigenvalue weighted by atomic mass is 9.85. The maximum absolute atomic E-state index is 13.3. The summed E-state index contributed by atoms with van der Waals surface area (Å²) in [6, 6.07) is 6.84. The van der Waals surface area contributed by atoms with Crippen LogP contribution in [0.15, 0.2) is 35.9 Å². The van der Waals surface area contributed by atoms with Gasteiger partial charge in [0.15, 0.2) is 0 Å². The van der Waals surface area contributed by atoms with Crippen LogP contribution in [0.25, 0.3) is 0 Å². The molecule has 3 atom stereocenters. The molecule has 0 spiro atoms. The van der Waals surface area contributed by atoms with E-state index in [1.807, 2.05) is 31.2 Å². The van der Waals surface area contributed by atoms with Crippen LogP contribution in [0.4, 0.5) is 0 Å². The smallest absolute Gasteiger partial charge is 0.248 e. The van der Waals surface area contributed by atoms with E-state index in [-0.39, 0.29) is 38.0 Å². The maximum Gasteiger partial charge on any atom is 0.248 e. The van der Waals surface area contributed by atoms with E-state index in [2.05, 4.69) is 27.9 Å². The van der Waals surface area contributed by atoms with Crippen LogP contribution in [0.1, 0.15) is 45.4 Å². The number of benzene rings is 1. The third-order valence-corrected chi connectivity index (χ3v) is 7.54. The number of amides is 2. The Kier molecular flexibility index (Phi) is 11.3. The van der Waals surface area contributed by atoms with Crippen molar-refractivity contribution in [3.05, 3.63) is 39.5 Å². The summed E-state index contributed by atoms with van der Waals surface area (Å²) in [5, 5.41) is 23.3. The van der Waals surface area contributed by atoms with Gasteiger partial charge in [-0.15, -0.1) is 0 Å². The maximum atomic E-state index is 13.3. The number of halogens is 1. The summed E-state index contributed by atoms with van der Waals surface area (Å²) in [5.74, 6) is 0.436. The molecule has 3 unspecified atom stereocenters. The molecule has 194 valence electrons. The number of carbonyl (C=O) groups is 2. The zero-order valence-corrected chi connectivity index (χ0v) is 22.5. The molecule has 9 heteroatoms. The summed E-state index contributed by atoms with van der Waals surface area (Å²) in [5.41, 5.74) is 0.433. The van der Waals surface area contributed by atoms with Crippen LogP contribution in [-0.2, 0) is 14.3 Å². The van der Waals surface area contributed by atoms with Gasteiger partial charge < -0.3 is 29.9 Å². The lowest BCUT2D eigenvalue weighted by molar-refractivity contribution is -0.144. The van der Waals surface area contributed by atoms with Crippen molar-refractivity contribution in [1.82, 2.24) is 10.2 Å². The van der Waals surface area contributed by atoms with Crippen molar-refractivity contribution in [2.24, 2.45) is 5.92 Å². The molecule has 3 N–H and O–H groups in total. The van der Waals surface area contributed by atoms with Gasteiger partial charge in [-0.2, -0.15) is 0 Å². The molecule has 3 rings (SSSR count). The third-order valence-electron chi connectivity index (χ3n) is 6.64. The number of hydrogen-bond acceptors (Lipinski definition) is 6. The van der Waals surface area contributed by atoms with Gasteiger partial charge in [0, 0.05) is 31.7 Å². The van der Waals surface area contributed by atoms with E-state index in [0.29, 0.717) is 30.4 Å². The molecule has 1 aromatic rings. The van der Waals surface area contributed by atoms with E-state index in [4.69, 9.17) is 14.6 Å². The van der Waals surface area contributed by atoms with Gasteiger partial charge in [0.05, 0.1) is 16.2 Å². The minimum absolute atomic E-state index is 0.0652. The van der Waals surface area contributed by atoms with Crippen LogP contribution in [0.3, 0.4) is 0 Å². The second-order valence-electron chi connectivity index (χ2n) is 9.13. The van der Waals surface area contributed by atoms with Gasteiger partial charge in [-0.05, 0) is 66.5 Å². The average Bonchev–Trinajstić information content (AvgIpc) is 2.87. The molecular weight excluding hydrogens is 563 g/mol. The van der Waals surface area contributed by atoms with E-state index in [9.17, 15) is 14.7 Å². The van der Waals surface area contributed by atoms with Crippen LogP contribution in [0, 0.1) is 9.49 Å². The van der Waals surface area contributed by atoms with Crippen LogP contribution < -0.4 is 10.1 Å². The molecule has 2 aliphatic carbocycles. The predicted octanol–water partition coefficient (Wildman–Crippen LogP) is 2.65. The fourth-order valence-corrected chi connectivity index (χ4v) is 5.32. The number of hydrogen-bond donors (Lipinski definition) is 3. The van der Waals surface area contributed by atoms with E-state index < -0.39 is 18.2 Å². The van der Waals surface area contributed by atoms with Crippen LogP contribution >= 0.6 is 22.6 Å². The fourth-order valence-electron chi connectivity index (χ4n) is 4.81. The first-order valence-corrected chi connectivity index (χ1v) is 13.6. The van der Waals surface area contributed by atoms with Crippen molar-refractivity contribution in [3.8, 4) is 5.75 Å². The average molecular weight is 600 g/mol. The molecule has 1 saturated carbocycles. The molecule has 0 bridgehead atoms. The Labute approximate surface area is 221 Å². The first-order valence-electron chi connectivity index (χ1n) is 12.5. The van der Waals surface area contributed by atoms with E-state index in [1.54, 1.807) is 11.0 Å². The third kappa shape index (κ3) is 7.90. The molecule has 1 aromatic carbocycles. The summed E-state index contributed by atoms with van der Waals surface area (Å²) in [6.45, 7) is 2.67. The highest BCUT2D eigenvalue weighted by Crippen LogP contribution is 2.32. The molecule has 2 amide bonds. The van der Waals surface area contributed by atoms with Crippen LogP contribution in [0.5, 0.6) is 5.75 Å².